The summed E-state index contributed by atoms with van der Waals surface area (Å²) in [5.74, 6) is 0.0315. The molecule has 0 unspecified atom stereocenters. The number of fused-ring (bicyclic) bond motifs is 1. The maximum Gasteiger partial charge on any atom is 0.222 e. The van der Waals surface area contributed by atoms with Crippen LogP contribution in [0.3, 0.4) is 0 Å². The average molecular weight is 258 g/mol. The van der Waals surface area contributed by atoms with Crippen molar-refractivity contribution < 1.29 is 9.90 Å². The Kier molecular flexibility index (Phi) is 4.47. The van der Waals surface area contributed by atoms with E-state index >= 15 is 0 Å². The topological polar surface area (TPSA) is 53.4 Å². The molecular weight excluding hydrogens is 240 g/mol. The van der Waals surface area contributed by atoms with Crippen LogP contribution in [0.25, 0.3) is 10.9 Å². The van der Waals surface area contributed by atoms with Crippen LogP contribution in [-0.4, -0.2) is 41.1 Å². The number of rotatable bonds is 5. The van der Waals surface area contributed by atoms with E-state index in [4.69, 9.17) is 5.11 Å². The molecular formula is C15H18N2O2. The fourth-order valence-electron chi connectivity index (χ4n) is 1.95. The second-order valence-corrected chi connectivity index (χ2v) is 4.53. The van der Waals surface area contributed by atoms with Gasteiger partial charge in [-0.25, -0.2) is 0 Å². The summed E-state index contributed by atoms with van der Waals surface area (Å²) >= 11 is 0. The smallest absolute Gasteiger partial charge is 0.222 e. The van der Waals surface area contributed by atoms with E-state index in [0.717, 1.165) is 16.6 Å². The first-order valence-corrected chi connectivity index (χ1v) is 6.40. The first-order chi connectivity index (χ1) is 9.20. The lowest BCUT2D eigenvalue weighted by Crippen LogP contribution is -2.29. The zero-order valence-electron chi connectivity index (χ0n) is 11.0. The first-order valence-electron chi connectivity index (χ1n) is 6.40. The van der Waals surface area contributed by atoms with Gasteiger partial charge in [0.2, 0.25) is 5.91 Å². The van der Waals surface area contributed by atoms with Crippen LogP contribution in [0.1, 0.15) is 12.1 Å². The molecule has 2 aromatic rings. The predicted octanol–water partition coefficient (Wildman–Crippen LogP) is 1.62. The number of para-hydroxylation sites is 1. The summed E-state index contributed by atoms with van der Waals surface area (Å²) in [5, 5.41) is 9.89. The highest BCUT2D eigenvalue weighted by atomic mass is 16.3. The zero-order chi connectivity index (χ0) is 13.7. The van der Waals surface area contributed by atoms with Gasteiger partial charge >= 0.3 is 0 Å². The minimum atomic E-state index is -0.00351. The summed E-state index contributed by atoms with van der Waals surface area (Å²) in [6, 6.07) is 11.9. The molecule has 1 amide bonds. The Bertz CT molecular complexity index is 569. The monoisotopic (exact) mass is 258 g/mol. The van der Waals surface area contributed by atoms with Crippen molar-refractivity contribution in [2.24, 2.45) is 0 Å². The van der Waals surface area contributed by atoms with Crippen molar-refractivity contribution in [2.45, 2.75) is 12.8 Å². The van der Waals surface area contributed by atoms with Crippen molar-refractivity contribution in [3.05, 3.63) is 42.1 Å². The molecule has 0 aliphatic heterocycles. The van der Waals surface area contributed by atoms with Crippen LogP contribution in [0, 0.1) is 0 Å². The van der Waals surface area contributed by atoms with Gasteiger partial charge in [0.15, 0.2) is 0 Å². The van der Waals surface area contributed by atoms with E-state index in [1.54, 1.807) is 11.9 Å². The predicted molar refractivity (Wildman–Crippen MR) is 74.8 cm³/mol. The number of aryl methyl sites for hydroxylation is 1. The molecule has 4 nitrogen and oxygen atoms in total. The maximum absolute atomic E-state index is 11.8. The number of amides is 1. The molecule has 1 aromatic carbocycles. The van der Waals surface area contributed by atoms with Gasteiger partial charge in [-0.15, -0.1) is 0 Å². The van der Waals surface area contributed by atoms with E-state index in [1.165, 1.54) is 0 Å². The molecule has 100 valence electrons. The Hall–Kier alpha value is -1.94. The number of benzene rings is 1. The average Bonchev–Trinajstić information content (AvgIpc) is 2.44. The van der Waals surface area contributed by atoms with Crippen LogP contribution < -0.4 is 0 Å². The summed E-state index contributed by atoms with van der Waals surface area (Å²) in [6.45, 7) is 0.375. The highest BCUT2D eigenvalue weighted by Gasteiger charge is 2.08. The number of hydrogen-bond donors (Lipinski definition) is 1. The zero-order valence-corrected chi connectivity index (χ0v) is 11.0. The van der Waals surface area contributed by atoms with E-state index in [1.807, 2.05) is 36.4 Å². The molecule has 0 radical (unpaired) electrons. The third-order valence-electron chi connectivity index (χ3n) is 3.11. The Labute approximate surface area is 112 Å². The van der Waals surface area contributed by atoms with E-state index in [9.17, 15) is 4.79 Å². The van der Waals surface area contributed by atoms with Crippen molar-refractivity contribution in [3.63, 3.8) is 0 Å². The Morgan fingerprint density at radius 3 is 2.84 bits per heavy atom. The van der Waals surface area contributed by atoms with Gasteiger partial charge in [-0.3, -0.25) is 9.78 Å². The lowest BCUT2D eigenvalue weighted by Gasteiger charge is -2.15. The fourth-order valence-corrected chi connectivity index (χ4v) is 1.95. The van der Waals surface area contributed by atoms with E-state index in [2.05, 4.69) is 4.98 Å². The molecule has 19 heavy (non-hydrogen) atoms. The summed E-state index contributed by atoms with van der Waals surface area (Å²) < 4.78 is 0. The lowest BCUT2D eigenvalue weighted by molar-refractivity contribution is -0.130. The third-order valence-corrected chi connectivity index (χ3v) is 3.11. The van der Waals surface area contributed by atoms with Gasteiger partial charge in [0.1, 0.15) is 0 Å². The van der Waals surface area contributed by atoms with E-state index in [0.29, 0.717) is 19.4 Å². The Morgan fingerprint density at radius 1 is 1.26 bits per heavy atom. The third kappa shape index (κ3) is 3.51. The Balaban J connectivity index is 2.00. The number of carbonyl (C=O) groups excluding carboxylic acids is 1. The lowest BCUT2D eigenvalue weighted by atomic mass is 10.1. The van der Waals surface area contributed by atoms with Crippen molar-refractivity contribution in [2.75, 3.05) is 20.2 Å². The Morgan fingerprint density at radius 2 is 2.05 bits per heavy atom. The van der Waals surface area contributed by atoms with Gasteiger partial charge in [-0.2, -0.15) is 0 Å². The highest BCUT2D eigenvalue weighted by Crippen LogP contribution is 2.12. The summed E-state index contributed by atoms with van der Waals surface area (Å²) in [5.41, 5.74) is 1.88. The number of aromatic nitrogens is 1. The van der Waals surface area contributed by atoms with Crippen LogP contribution in [0.4, 0.5) is 0 Å². The van der Waals surface area contributed by atoms with Crippen LogP contribution in [0.2, 0.25) is 0 Å². The molecule has 0 aliphatic carbocycles. The van der Waals surface area contributed by atoms with Crippen molar-refractivity contribution >= 4 is 16.8 Å². The largest absolute Gasteiger partial charge is 0.395 e. The molecule has 0 aliphatic rings. The van der Waals surface area contributed by atoms with Crippen molar-refractivity contribution in [1.29, 1.82) is 0 Å². The first kappa shape index (κ1) is 13.5. The molecule has 2 rings (SSSR count). The van der Waals surface area contributed by atoms with Crippen molar-refractivity contribution in [3.8, 4) is 0 Å². The van der Waals surface area contributed by atoms with E-state index < -0.39 is 0 Å². The minimum Gasteiger partial charge on any atom is -0.395 e. The van der Waals surface area contributed by atoms with E-state index in [-0.39, 0.29) is 12.5 Å². The summed E-state index contributed by atoms with van der Waals surface area (Å²) in [6.07, 6.45) is 1.04. The molecule has 1 aromatic heterocycles. The number of carbonyl (C=O) groups is 1. The second kappa shape index (κ2) is 6.29. The molecule has 4 heteroatoms. The normalized spacial score (nSPS) is 10.6. The van der Waals surface area contributed by atoms with Gasteiger partial charge in [0.25, 0.3) is 0 Å². The van der Waals surface area contributed by atoms with Crippen LogP contribution >= 0.6 is 0 Å². The SMILES string of the molecule is CN(CCO)C(=O)CCc1ccc2ccccc2n1. The molecule has 0 saturated heterocycles. The number of nitrogens with zero attached hydrogens (tertiary/aromatic N) is 2. The summed E-state index contributed by atoms with van der Waals surface area (Å²) in [7, 11) is 1.70. The van der Waals surface area contributed by atoms with Crippen LogP contribution in [-0.2, 0) is 11.2 Å². The maximum atomic E-state index is 11.8. The highest BCUT2D eigenvalue weighted by molar-refractivity contribution is 5.79. The fraction of sp³-hybridized carbons (Fsp3) is 0.333. The number of likely N-dealkylation sites (N-methyl/N-ethyl adjacent to an activating group) is 1. The standard InChI is InChI=1S/C15H18N2O2/c1-17(10-11-18)15(19)9-8-13-7-6-12-4-2-3-5-14(12)16-13/h2-7,18H,8-11H2,1H3. The summed E-state index contributed by atoms with van der Waals surface area (Å²) in [4.78, 5) is 17.8. The van der Waals surface area contributed by atoms with Gasteiger partial charge in [0.05, 0.1) is 12.1 Å². The molecule has 1 N–H and O–H groups in total. The second-order valence-electron chi connectivity index (χ2n) is 4.53. The number of pyridine rings is 1. The van der Waals surface area contributed by atoms with Gasteiger partial charge in [0, 0.05) is 31.1 Å². The van der Waals surface area contributed by atoms with Crippen LogP contribution in [0.15, 0.2) is 36.4 Å². The number of hydrogen-bond acceptors (Lipinski definition) is 3. The van der Waals surface area contributed by atoms with Gasteiger partial charge in [-0.1, -0.05) is 24.3 Å². The minimum absolute atomic E-state index is 0.00351. The molecule has 0 bridgehead atoms. The number of aliphatic hydroxyl groups excluding tert-OH is 1. The molecule has 0 saturated carbocycles. The quantitative estimate of drug-likeness (QED) is 0.886. The molecule has 0 fully saturated rings. The molecule has 0 spiro atoms. The van der Waals surface area contributed by atoms with Gasteiger partial charge < -0.3 is 10.0 Å². The van der Waals surface area contributed by atoms with Crippen LogP contribution in [0.5, 0.6) is 0 Å². The molecule has 1 heterocycles. The molecule has 0 atom stereocenters. The number of aliphatic hydroxyl groups is 1. The van der Waals surface area contributed by atoms with Crippen molar-refractivity contribution in [1.82, 2.24) is 9.88 Å². The van der Waals surface area contributed by atoms with Gasteiger partial charge in [-0.05, 0) is 18.6 Å².